The average Bonchev–Trinajstić information content (AvgIpc) is 3.13. The lowest BCUT2D eigenvalue weighted by Gasteiger charge is -2.32. The van der Waals surface area contributed by atoms with E-state index >= 15 is 0 Å². The van der Waals surface area contributed by atoms with Gasteiger partial charge in [0, 0.05) is 38.5 Å². The molecule has 0 unspecified atom stereocenters. The number of aromatic nitrogens is 6. The van der Waals surface area contributed by atoms with E-state index in [1.807, 2.05) is 17.7 Å². The Kier molecular flexibility index (Phi) is 6.34. The summed E-state index contributed by atoms with van der Waals surface area (Å²) < 4.78 is 7.50. The molecule has 1 saturated heterocycles. The van der Waals surface area contributed by atoms with Crippen molar-refractivity contribution in [1.29, 1.82) is 0 Å². The van der Waals surface area contributed by atoms with E-state index in [1.165, 1.54) is 6.33 Å². The molecule has 1 aliphatic rings. The summed E-state index contributed by atoms with van der Waals surface area (Å²) in [5, 5.41) is 11.6. The molecular weight excluding hydrogens is 382 g/mol. The Labute approximate surface area is 176 Å². The van der Waals surface area contributed by atoms with Gasteiger partial charge in [-0.2, -0.15) is 10.1 Å². The van der Waals surface area contributed by atoms with Gasteiger partial charge < -0.3 is 20.3 Å². The molecule has 4 heterocycles. The fourth-order valence-corrected chi connectivity index (χ4v) is 3.66. The van der Waals surface area contributed by atoms with Crippen LogP contribution in [0.2, 0.25) is 0 Å². The van der Waals surface area contributed by atoms with Crippen molar-refractivity contribution >= 4 is 28.6 Å². The fourth-order valence-electron chi connectivity index (χ4n) is 3.66. The van der Waals surface area contributed by atoms with E-state index in [-0.39, 0.29) is 0 Å². The molecule has 2 N–H and O–H groups in total. The van der Waals surface area contributed by atoms with Crippen LogP contribution in [0, 0.1) is 0 Å². The number of rotatable bonds is 8. The minimum atomic E-state index is 0.385. The summed E-state index contributed by atoms with van der Waals surface area (Å²) in [6.07, 6.45) is 4.01. The van der Waals surface area contributed by atoms with Gasteiger partial charge >= 0.3 is 0 Å². The summed E-state index contributed by atoms with van der Waals surface area (Å²) in [5.41, 5.74) is 2.71. The highest BCUT2D eigenvalue weighted by Gasteiger charge is 2.23. The number of aryl methyl sites for hydroxylation is 1. The number of ether oxygens (including phenoxy) is 1. The number of fused-ring (bicyclic) bond motifs is 1. The van der Waals surface area contributed by atoms with Crippen LogP contribution in [0.4, 0.5) is 17.6 Å². The molecule has 0 amide bonds. The number of hydrogen-bond donors (Lipinski definition) is 2. The maximum absolute atomic E-state index is 5.56. The molecule has 1 aliphatic heterocycles. The van der Waals surface area contributed by atoms with E-state index in [4.69, 9.17) is 19.8 Å². The second-order valence-electron chi connectivity index (χ2n) is 7.31. The SMILES string of the molecule is CCOCCn1nc(CC)c2nc(N3CCN[C@H](C)C3)nc(Nc3ccncn3)c21. The van der Waals surface area contributed by atoms with Gasteiger partial charge in [-0.25, -0.2) is 15.0 Å². The van der Waals surface area contributed by atoms with Gasteiger partial charge in [0.2, 0.25) is 5.95 Å². The molecule has 0 saturated carbocycles. The lowest BCUT2D eigenvalue weighted by molar-refractivity contribution is 0.137. The lowest BCUT2D eigenvalue weighted by atomic mass is 10.2. The van der Waals surface area contributed by atoms with Crippen molar-refractivity contribution in [3.63, 3.8) is 0 Å². The number of piperazine rings is 1. The standard InChI is InChI=1S/C20H29N9O/c1-4-15-17-18(29(27-15)10-11-30-5-2)19(24-16-6-7-21-13-23-16)26-20(25-17)28-9-8-22-14(3)12-28/h6-7,13-14,22H,4-5,8-12H2,1-3H3,(H,21,23,24,25,26)/t14-/m1/s1. The summed E-state index contributed by atoms with van der Waals surface area (Å²) in [4.78, 5) is 20.4. The van der Waals surface area contributed by atoms with Crippen molar-refractivity contribution in [3.05, 3.63) is 24.3 Å². The minimum Gasteiger partial charge on any atom is -0.380 e. The van der Waals surface area contributed by atoms with E-state index in [0.717, 1.165) is 42.8 Å². The molecule has 30 heavy (non-hydrogen) atoms. The van der Waals surface area contributed by atoms with Crippen molar-refractivity contribution < 1.29 is 4.74 Å². The molecule has 1 atom stereocenters. The smallest absolute Gasteiger partial charge is 0.228 e. The Morgan fingerprint density at radius 2 is 2.20 bits per heavy atom. The van der Waals surface area contributed by atoms with Crippen LogP contribution in [0.15, 0.2) is 18.6 Å². The summed E-state index contributed by atoms with van der Waals surface area (Å²) in [6, 6.07) is 2.21. The largest absolute Gasteiger partial charge is 0.380 e. The van der Waals surface area contributed by atoms with Crippen molar-refractivity contribution in [2.24, 2.45) is 0 Å². The zero-order valence-corrected chi connectivity index (χ0v) is 17.8. The zero-order valence-electron chi connectivity index (χ0n) is 17.8. The van der Waals surface area contributed by atoms with Crippen LogP contribution in [0.1, 0.15) is 26.5 Å². The molecule has 0 aliphatic carbocycles. The highest BCUT2D eigenvalue weighted by molar-refractivity contribution is 5.90. The molecular formula is C20H29N9O. The predicted octanol–water partition coefficient (Wildman–Crippen LogP) is 1.76. The Morgan fingerprint density at radius 1 is 1.30 bits per heavy atom. The third-order valence-electron chi connectivity index (χ3n) is 5.11. The molecule has 0 spiro atoms. The van der Waals surface area contributed by atoms with Crippen LogP contribution < -0.4 is 15.5 Å². The number of anilines is 3. The van der Waals surface area contributed by atoms with Gasteiger partial charge in [-0.05, 0) is 26.3 Å². The van der Waals surface area contributed by atoms with Crippen LogP contribution in [-0.4, -0.2) is 68.6 Å². The van der Waals surface area contributed by atoms with Crippen LogP contribution >= 0.6 is 0 Å². The Bertz CT molecular complexity index is 975. The van der Waals surface area contributed by atoms with Crippen molar-refractivity contribution in [3.8, 4) is 0 Å². The number of nitrogens with one attached hydrogen (secondary N) is 2. The predicted molar refractivity (Wildman–Crippen MR) is 116 cm³/mol. The van der Waals surface area contributed by atoms with Gasteiger partial charge in [0.25, 0.3) is 0 Å². The maximum atomic E-state index is 5.56. The molecule has 10 nitrogen and oxygen atoms in total. The molecule has 4 rings (SSSR count). The Balaban J connectivity index is 1.80. The zero-order chi connectivity index (χ0) is 20.9. The van der Waals surface area contributed by atoms with Crippen LogP contribution in [-0.2, 0) is 17.7 Å². The molecule has 0 bridgehead atoms. The Morgan fingerprint density at radius 3 is 2.93 bits per heavy atom. The molecule has 0 radical (unpaired) electrons. The van der Waals surface area contributed by atoms with Crippen LogP contribution in [0.5, 0.6) is 0 Å². The van der Waals surface area contributed by atoms with E-state index < -0.39 is 0 Å². The highest BCUT2D eigenvalue weighted by Crippen LogP contribution is 2.29. The first-order valence-electron chi connectivity index (χ1n) is 10.6. The quantitative estimate of drug-likeness (QED) is 0.536. The van der Waals surface area contributed by atoms with Gasteiger partial charge in [-0.3, -0.25) is 4.68 Å². The molecule has 0 aromatic carbocycles. The minimum absolute atomic E-state index is 0.385. The number of nitrogens with zero attached hydrogens (tertiary/aromatic N) is 7. The second kappa shape index (κ2) is 9.31. The first-order chi connectivity index (χ1) is 14.7. The fraction of sp³-hybridized carbons (Fsp3) is 0.550. The van der Waals surface area contributed by atoms with E-state index in [9.17, 15) is 0 Å². The van der Waals surface area contributed by atoms with Crippen LogP contribution in [0.25, 0.3) is 11.0 Å². The van der Waals surface area contributed by atoms with Gasteiger partial charge in [-0.1, -0.05) is 6.92 Å². The van der Waals surface area contributed by atoms with Crippen molar-refractivity contribution in [2.75, 3.05) is 43.1 Å². The normalized spacial score (nSPS) is 16.9. The summed E-state index contributed by atoms with van der Waals surface area (Å²) in [7, 11) is 0. The maximum Gasteiger partial charge on any atom is 0.228 e. The van der Waals surface area contributed by atoms with Crippen molar-refractivity contribution in [1.82, 2.24) is 35.0 Å². The number of hydrogen-bond acceptors (Lipinski definition) is 9. The topological polar surface area (TPSA) is 106 Å². The summed E-state index contributed by atoms with van der Waals surface area (Å²) >= 11 is 0. The monoisotopic (exact) mass is 411 g/mol. The van der Waals surface area contributed by atoms with Crippen molar-refractivity contribution in [2.45, 2.75) is 39.8 Å². The van der Waals surface area contributed by atoms with Gasteiger partial charge in [0.1, 0.15) is 23.2 Å². The third-order valence-corrected chi connectivity index (χ3v) is 5.11. The first-order valence-corrected chi connectivity index (χ1v) is 10.6. The summed E-state index contributed by atoms with van der Waals surface area (Å²) in [5.74, 6) is 2.09. The molecule has 1 fully saturated rings. The molecule has 10 heteroatoms. The first kappa shape index (κ1) is 20.4. The second-order valence-corrected chi connectivity index (χ2v) is 7.31. The third kappa shape index (κ3) is 4.34. The molecule has 160 valence electrons. The van der Waals surface area contributed by atoms with E-state index in [0.29, 0.717) is 43.4 Å². The van der Waals surface area contributed by atoms with Crippen LogP contribution in [0.3, 0.4) is 0 Å². The van der Waals surface area contributed by atoms with E-state index in [2.05, 4.69) is 39.3 Å². The van der Waals surface area contributed by atoms with Gasteiger partial charge in [0.05, 0.1) is 18.8 Å². The summed E-state index contributed by atoms with van der Waals surface area (Å²) in [6.45, 7) is 10.8. The lowest BCUT2D eigenvalue weighted by Crippen LogP contribution is -2.49. The van der Waals surface area contributed by atoms with Gasteiger partial charge in [-0.15, -0.1) is 0 Å². The van der Waals surface area contributed by atoms with Gasteiger partial charge in [0.15, 0.2) is 5.82 Å². The highest BCUT2D eigenvalue weighted by atomic mass is 16.5. The van der Waals surface area contributed by atoms with E-state index in [1.54, 1.807) is 6.20 Å². The Hall–Kier alpha value is -2.85. The molecule has 3 aromatic heterocycles. The average molecular weight is 412 g/mol. The molecule has 3 aromatic rings.